The van der Waals surface area contributed by atoms with Gasteiger partial charge in [-0.15, -0.1) is 0 Å². The first-order valence-electron chi connectivity index (χ1n) is 13.2. The van der Waals surface area contributed by atoms with Crippen molar-refractivity contribution in [2.45, 2.75) is 85.9 Å². The van der Waals surface area contributed by atoms with Gasteiger partial charge in [-0.25, -0.2) is 4.79 Å². The molecule has 0 aliphatic rings. The Morgan fingerprint density at radius 3 is 2.32 bits per heavy atom. The van der Waals surface area contributed by atoms with E-state index < -0.39 is 48.2 Å². The quantitative estimate of drug-likeness (QED) is 0.330. The molecular weight excluding hydrogens is 490 g/mol. The van der Waals surface area contributed by atoms with E-state index in [9.17, 15) is 24.3 Å². The van der Waals surface area contributed by atoms with Crippen molar-refractivity contribution in [3.63, 3.8) is 0 Å². The van der Waals surface area contributed by atoms with Crippen LogP contribution in [0.25, 0.3) is 0 Å². The number of rotatable bonds is 13. The summed E-state index contributed by atoms with van der Waals surface area (Å²) in [6.07, 6.45) is -0.204. The molecule has 10 heteroatoms. The summed E-state index contributed by atoms with van der Waals surface area (Å²) in [5.41, 5.74) is 1.56. The molecule has 3 amide bonds. The number of nitrogens with one attached hydrogen (secondary N) is 2. The number of nitrogens with zero attached hydrogens (tertiary/aromatic N) is 1. The van der Waals surface area contributed by atoms with Crippen molar-refractivity contribution in [1.82, 2.24) is 15.5 Å². The van der Waals surface area contributed by atoms with Gasteiger partial charge in [0.25, 0.3) is 0 Å². The maximum Gasteiger partial charge on any atom is 0.408 e. The molecule has 3 unspecified atom stereocenters. The van der Waals surface area contributed by atoms with Crippen molar-refractivity contribution < 1.29 is 33.8 Å². The first-order valence-corrected chi connectivity index (χ1v) is 13.2. The van der Waals surface area contributed by atoms with E-state index in [0.717, 1.165) is 11.1 Å². The maximum absolute atomic E-state index is 14.0. The molecule has 0 saturated heterocycles. The number of carbonyl (C=O) groups excluding carboxylic acids is 4. The van der Waals surface area contributed by atoms with E-state index in [1.54, 1.807) is 39.8 Å². The fraction of sp³-hybridized carbons (Fsp3) is 0.643. The van der Waals surface area contributed by atoms with Crippen molar-refractivity contribution >= 4 is 23.9 Å². The third-order valence-electron chi connectivity index (χ3n) is 6.21. The standard InChI is InChI=1S/C28H45N3O7/c1-9-18(3)23(30-27(36)38-28(6,7)8)26(35)31(16-17-32)24(21-13-11-12-19(4)20(21)5)25(34)29-15-14-22(33)37-10-2/h11-13,18,23-24,32H,9-10,14-17H2,1-8H3,(H,29,34)(H,30,36). The predicted octanol–water partition coefficient (Wildman–Crippen LogP) is 3.17. The molecule has 0 bridgehead atoms. The molecule has 0 fully saturated rings. The molecule has 1 rings (SSSR count). The number of aliphatic hydroxyl groups excluding tert-OH is 1. The Hall–Kier alpha value is -3.14. The predicted molar refractivity (Wildman–Crippen MR) is 144 cm³/mol. The summed E-state index contributed by atoms with van der Waals surface area (Å²) in [6.45, 7) is 14.0. The third kappa shape index (κ3) is 9.96. The Morgan fingerprint density at radius 1 is 1.11 bits per heavy atom. The summed E-state index contributed by atoms with van der Waals surface area (Å²) < 4.78 is 10.3. The molecule has 1 aromatic carbocycles. The van der Waals surface area contributed by atoms with Crippen LogP contribution >= 0.6 is 0 Å². The van der Waals surface area contributed by atoms with Gasteiger partial charge in [-0.1, -0.05) is 38.5 Å². The van der Waals surface area contributed by atoms with Crippen LogP contribution in [0.2, 0.25) is 0 Å². The summed E-state index contributed by atoms with van der Waals surface area (Å²) >= 11 is 0. The Kier molecular flexibility index (Phi) is 13.3. The third-order valence-corrected chi connectivity index (χ3v) is 6.21. The number of carbonyl (C=O) groups is 4. The molecule has 10 nitrogen and oxygen atoms in total. The second kappa shape index (κ2) is 15.3. The minimum atomic E-state index is -1.11. The molecule has 0 saturated carbocycles. The molecular formula is C28H45N3O7. The van der Waals surface area contributed by atoms with Gasteiger partial charge in [-0.2, -0.15) is 0 Å². The maximum atomic E-state index is 14.0. The normalized spacial score (nSPS) is 13.6. The highest BCUT2D eigenvalue weighted by molar-refractivity contribution is 5.92. The van der Waals surface area contributed by atoms with Gasteiger partial charge < -0.3 is 30.1 Å². The zero-order valence-corrected chi connectivity index (χ0v) is 24.1. The molecule has 0 aliphatic carbocycles. The Bertz CT molecular complexity index is 958. The Labute approximate surface area is 226 Å². The summed E-state index contributed by atoms with van der Waals surface area (Å²) in [7, 11) is 0. The first-order chi connectivity index (χ1) is 17.8. The van der Waals surface area contributed by atoms with E-state index in [4.69, 9.17) is 9.47 Å². The van der Waals surface area contributed by atoms with Crippen molar-refractivity contribution in [3.8, 4) is 0 Å². The minimum Gasteiger partial charge on any atom is -0.466 e. The average Bonchev–Trinajstić information content (AvgIpc) is 2.83. The SMILES string of the molecule is CCOC(=O)CCNC(=O)C(c1cccc(C)c1C)N(CCO)C(=O)C(NC(=O)OC(C)(C)C)C(C)CC. The van der Waals surface area contributed by atoms with Gasteiger partial charge in [0.2, 0.25) is 11.8 Å². The van der Waals surface area contributed by atoms with E-state index in [2.05, 4.69) is 10.6 Å². The number of esters is 1. The lowest BCUT2D eigenvalue weighted by Gasteiger charge is -2.36. The second-order valence-corrected chi connectivity index (χ2v) is 10.3. The smallest absolute Gasteiger partial charge is 0.408 e. The summed E-state index contributed by atoms with van der Waals surface area (Å²) in [4.78, 5) is 53.3. The van der Waals surface area contributed by atoms with Gasteiger partial charge in [0.1, 0.15) is 17.7 Å². The highest BCUT2D eigenvalue weighted by atomic mass is 16.6. The summed E-state index contributed by atoms with van der Waals surface area (Å²) in [6, 6.07) is 3.35. The number of benzene rings is 1. The molecule has 38 heavy (non-hydrogen) atoms. The largest absolute Gasteiger partial charge is 0.466 e. The first kappa shape index (κ1) is 32.9. The van der Waals surface area contributed by atoms with Gasteiger partial charge in [-0.05, 0) is 64.2 Å². The monoisotopic (exact) mass is 535 g/mol. The molecule has 0 spiro atoms. The van der Waals surface area contributed by atoms with Gasteiger partial charge in [0.15, 0.2) is 0 Å². The number of ether oxygens (including phenoxy) is 2. The summed E-state index contributed by atoms with van der Waals surface area (Å²) in [5, 5.41) is 15.3. The number of amides is 3. The fourth-order valence-electron chi connectivity index (χ4n) is 3.91. The molecule has 3 N–H and O–H groups in total. The van der Waals surface area contributed by atoms with Crippen LogP contribution in [0.3, 0.4) is 0 Å². The number of alkyl carbamates (subject to hydrolysis) is 1. The van der Waals surface area contributed by atoms with Crippen molar-refractivity contribution in [3.05, 3.63) is 34.9 Å². The summed E-state index contributed by atoms with van der Waals surface area (Å²) in [5.74, 6) is -1.77. The number of aryl methyl sites for hydroxylation is 1. The second-order valence-electron chi connectivity index (χ2n) is 10.3. The van der Waals surface area contributed by atoms with Crippen LogP contribution in [0.4, 0.5) is 4.79 Å². The minimum absolute atomic E-state index is 0.0190. The van der Waals surface area contributed by atoms with Crippen molar-refractivity contribution in [2.75, 3.05) is 26.3 Å². The van der Waals surface area contributed by atoms with E-state index in [1.807, 2.05) is 33.8 Å². The molecule has 1 aromatic rings. The van der Waals surface area contributed by atoms with Crippen molar-refractivity contribution in [1.29, 1.82) is 0 Å². The highest BCUT2D eigenvalue weighted by Gasteiger charge is 2.38. The molecule has 214 valence electrons. The van der Waals surface area contributed by atoms with E-state index in [-0.39, 0.29) is 32.0 Å². The lowest BCUT2D eigenvalue weighted by Crippen LogP contribution is -2.56. The van der Waals surface area contributed by atoms with E-state index >= 15 is 0 Å². The molecule has 0 aliphatic heterocycles. The van der Waals surface area contributed by atoms with Crippen LogP contribution in [0.1, 0.15) is 77.1 Å². The lowest BCUT2D eigenvalue weighted by atomic mass is 9.93. The fourth-order valence-corrected chi connectivity index (χ4v) is 3.91. The number of aliphatic hydroxyl groups is 1. The van der Waals surface area contributed by atoms with Crippen LogP contribution < -0.4 is 10.6 Å². The van der Waals surface area contributed by atoms with Gasteiger partial charge in [0.05, 0.1) is 19.6 Å². The molecule has 0 heterocycles. The van der Waals surface area contributed by atoms with Crippen LogP contribution in [0, 0.1) is 19.8 Å². The lowest BCUT2D eigenvalue weighted by molar-refractivity contribution is -0.145. The number of hydrogen-bond acceptors (Lipinski definition) is 7. The van der Waals surface area contributed by atoms with Crippen LogP contribution in [0.5, 0.6) is 0 Å². The highest BCUT2D eigenvalue weighted by Crippen LogP contribution is 2.28. The van der Waals surface area contributed by atoms with Gasteiger partial charge in [-0.3, -0.25) is 14.4 Å². The zero-order chi connectivity index (χ0) is 29.0. The number of hydrogen-bond donors (Lipinski definition) is 3. The van der Waals surface area contributed by atoms with Crippen molar-refractivity contribution in [2.24, 2.45) is 5.92 Å². The van der Waals surface area contributed by atoms with Crippen LogP contribution in [0.15, 0.2) is 18.2 Å². The van der Waals surface area contributed by atoms with E-state index in [0.29, 0.717) is 12.0 Å². The Balaban J connectivity index is 3.46. The van der Waals surface area contributed by atoms with Crippen LogP contribution in [-0.2, 0) is 23.9 Å². The van der Waals surface area contributed by atoms with Gasteiger partial charge >= 0.3 is 12.1 Å². The zero-order valence-electron chi connectivity index (χ0n) is 24.1. The topological polar surface area (TPSA) is 134 Å². The van der Waals surface area contributed by atoms with Crippen LogP contribution in [-0.4, -0.2) is 71.8 Å². The van der Waals surface area contributed by atoms with E-state index in [1.165, 1.54) is 4.90 Å². The van der Waals surface area contributed by atoms with Gasteiger partial charge in [0, 0.05) is 13.1 Å². The molecule has 0 aromatic heterocycles. The Morgan fingerprint density at radius 2 is 1.76 bits per heavy atom. The molecule has 3 atom stereocenters. The average molecular weight is 536 g/mol. The molecule has 0 radical (unpaired) electrons.